The van der Waals surface area contributed by atoms with E-state index in [0.717, 1.165) is 17.9 Å². The summed E-state index contributed by atoms with van der Waals surface area (Å²) < 4.78 is 34.4. The molecule has 1 amide bonds. The van der Waals surface area contributed by atoms with E-state index < -0.39 is 16.1 Å². The molecule has 1 saturated carbocycles. The number of sulfonamides is 1. The summed E-state index contributed by atoms with van der Waals surface area (Å²) in [5, 5.41) is 7.21. The number of rotatable bonds is 9. The lowest BCUT2D eigenvalue weighted by Gasteiger charge is -2.28. The minimum Gasteiger partial charge on any atom is -0.493 e. The third-order valence-corrected chi connectivity index (χ3v) is 9.14. The predicted molar refractivity (Wildman–Crippen MR) is 142 cm³/mol. The molecule has 36 heavy (non-hydrogen) atoms. The van der Waals surface area contributed by atoms with Crippen LogP contribution in [-0.2, 0) is 21.4 Å². The minimum atomic E-state index is -3.79. The zero-order chi connectivity index (χ0) is 25.9. The fourth-order valence-corrected chi connectivity index (χ4v) is 6.80. The monoisotopic (exact) mass is 533 g/mol. The van der Waals surface area contributed by atoms with Crippen LogP contribution in [0.15, 0.2) is 35.2 Å². The van der Waals surface area contributed by atoms with Gasteiger partial charge in [-0.1, -0.05) is 36.6 Å². The summed E-state index contributed by atoms with van der Waals surface area (Å²) in [4.78, 5) is 13.0. The largest absolute Gasteiger partial charge is 0.493 e. The van der Waals surface area contributed by atoms with Gasteiger partial charge in [0.15, 0.2) is 0 Å². The summed E-state index contributed by atoms with van der Waals surface area (Å²) >= 11 is 6.11. The van der Waals surface area contributed by atoms with Crippen molar-refractivity contribution in [3.8, 4) is 5.75 Å². The minimum absolute atomic E-state index is 0.0287. The highest BCUT2D eigenvalue weighted by atomic mass is 35.5. The van der Waals surface area contributed by atoms with Crippen molar-refractivity contribution in [2.75, 3.05) is 6.61 Å². The van der Waals surface area contributed by atoms with Crippen LogP contribution in [0.25, 0.3) is 0 Å². The zero-order valence-corrected chi connectivity index (χ0v) is 22.8. The van der Waals surface area contributed by atoms with Crippen LogP contribution in [0.1, 0.15) is 73.7 Å². The van der Waals surface area contributed by atoms with Crippen molar-refractivity contribution < 1.29 is 17.9 Å². The molecule has 3 N–H and O–H groups in total. The number of benzene rings is 2. The molecule has 2 aromatic carbocycles. The van der Waals surface area contributed by atoms with Crippen molar-refractivity contribution >= 4 is 27.5 Å². The lowest BCUT2D eigenvalue weighted by Crippen LogP contribution is -2.39. The molecule has 0 spiro atoms. The van der Waals surface area contributed by atoms with Crippen molar-refractivity contribution in [3.05, 3.63) is 57.6 Å². The molecule has 0 saturated heterocycles. The lowest BCUT2D eigenvalue weighted by molar-refractivity contribution is -0.122. The van der Waals surface area contributed by atoms with Crippen LogP contribution >= 0.6 is 11.6 Å². The number of amides is 1. The Labute approximate surface area is 219 Å². The van der Waals surface area contributed by atoms with Gasteiger partial charge >= 0.3 is 0 Å². The molecular formula is C27H36ClN3O4S. The van der Waals surface area contributed by atoms with Crippen LogP contribution in [0, 0.1) is 13.8 Å². The number of hydrogen-bond acceptors (Lipinski definition) is 5. The van der Waals surface area contributed by atoms with Crippen LogP contribution in [-0.4, -0.2) is 33.0 Å². The number of aryl methyl sites for hydroxylation is 2. The number of halogens is 1. The molecule has 2 aromatic rings. The normalized spacial score (nSPS) is 18.9. The number of nitrogens with one attached hydrogen (secondary N) is 3. The molecule has 1 aliphatic carbocycles. The van der Waals surface area contributed by atoms with Gasteiger partial charge in [-0.2, -0.15) is 0 Å². The molecule has 0 bridgehead atoms. The quantitative estimate of drug-likeness (QED) is 0.434. The van der Waals surface area contributed by atoms with Gasteiger partial charge in [-0.05, 0) is 68.5 Å². The highest BCUT2D eigenvalue weighted by Gasteiger charge is 2.26. The van der Waals surface area contributed by atoms with Crippen LogP contribution in [0.3, 0.4) is 0 Å². The summed E-state index contributed by atoms with van der Waals surface area (Å²) in [5.41, 5.74) is 3.37. The van der Waals surface area contributed by atoms with Crippen LogP contribution in [0.2, 0.25) is 5.02 Å². The van der Waals surface area contributed by atoms with Gasteiger partial charge in [0.05, 0.1) is 17.5 Å². The van der Waals surface area contributed by atoms with Crippen molar-refractivity contribution in [3.63, 3.8) is 0 Å². The first-order valence-electron chi connectivity index (χ1n) is 12.7. The smallest absolute Gasteiger partial charge is 0.241 e. The maximum atomic E-state index is 12.9. The van der Waals surface area contributed by atoms with Crippen LogP contribution in [0.5, 0.6) is 5.75 Å². The molecule has 196 valence electrons. The highest BCUT2D eigenvalue weighted by Crippen LogP contribution is 2.33. The van der Waals surface area contributed by atoms with Gasteiger partial charge in [0, 0.05) is 42.1 Å². The van der Waals surface area contributed by atoms with Gasteiger partial charge in [0.2, 0.25) is 15.9 Å². The standard InChI is InChI=1S/C27H36ClN3O4S/c1-17-13-26(18(2)12-23(17)28)36(33,34)31-19(3)14-27(32)30-24-10-11-35-25-15-20(8-9-22(24)25)16-29-21-6-4-5-7-21/h8-9,12-13,15,19,21,24,29,31H,4-7,10-11,14,16H2,1-3H3,(H,30,32)/t19-,24+/m0/s1. The number of carbonyl (C=O) groups excluding carboxylic acids is 1. The van der Waals surface area contributed by atoms with E-state index in [1.165, 1.54) is 31.2 Å². The third kappa shape index (κ3) is 6.59. The van der Waals surface area contributed by atoms with Crippen molar-refractivity contribution in [2.24, 2.45) is 0 Å². The molecule has 0 aromatic heterocycles. The SMILES string of the molecule is Cc1cc(S(=O)(=O)N[C@@H](C)CC(=O)N[C@@H]2CCOc3cc(CNC4CCCC4)ccc32)c(C)cc1Cl. The molecule has 2 aliphatic rings. The highest BCUT2D eigenvalue weighted by molar-refractivity contribution is 7.89. The van der Waals surface area contributed by atoms with Gasteiger partial charge < -0.3 is 15.4 Å². The summed E-state index contributed by atoms with van der Waals surface area (Å²) in [6, 6.07) is 9.23. The van der Waals surface area contributed by atoms with E-state index in [0.29, 0.717) is 35.2 Å². The molecular weight excluding hydrogens is 498 g/mol. The number of hydrogen-bond donors (Lipinski definition) is 3. The molecule has 9 heteroatoms. The lowest BCUT2D eigenvalue weighted by atomic mass is 9.98. The molecule has 1 aliphatic heterocycles. The summed E-state index contributed by atoms with van der Waals surface area (Å²) in [6.45, 7) is 6.49. The molecule has 0 unspecified atom stereocenters. The van der Waals surface area contributed by atoms with Crippen LogP contribution in [0.4, 0.5) is 0 Å². The maximum absolute atomic E-state index is 12.9. The van der Waals surface area contributed by atoms with Gasteiger partial charge in [-0.25, -0.2) is 13.1 Å². The molecule has 7 nitrogen and oxygen atoms in total. The Balaban J connectivity index is 1.34. The summed E-state index contributed by atoms with van der Waals surface area (Å²) in [6.07, 6.45) is 5.77. The Morgan fingerprint density at radius 1 is 1.11 bits per heavy atom. The predicted octanol–water partition coefficient (Wildman–Crippen LogP) is 4.69. The second-order valence-corrected chi connectivity index (χ2v) is 12.2. The van der Waals surface area contributed by atoms with Gasteiger partial charge in [0.25, 0.3) is 0 Å². The number of fused-ring (bicyclic) bond motifs is 1. The van der Waals surface area contributed by atoms with E-state index >= 15 is 0 Å². The maximum Gasteiger partial charge on any atom is 0.241 e. The Morgan fingerprint density at radius 3 is 2.61 bits per heavy atom. The zero-order valence-electron chi connectivity index (χ0n) is 21.2. The molecule has 1 heterocycles. The molecule has 0 radical (unpaired) electrons. The van der Waals surface area contributed by atoms with E-state index in [2.05, 4.69) is 27.5 Å². The average molecular weight is 534 g/mol. The van der Waals surface area contributed by atoms with E-state index in [9.17, 15) is 13.2 Å². The van der Waals surface area contributed by atoms with E-state index in [4.69, 9.17) is 16.3 Å². The first-order valence-corrected chi connectivity index (χ1v) is 14.6. The Hall–Kier alpha value is -2.13. The Bertz CT molecular complexity index is 1210. The summed E-state index contributed by atoms with van der Waals surface area (Å²) in [5.74, 6) is 0.596. The van der Waals surface area contributed by atoms with Gasteiger partial charge in [-0.3, -0.25) is 4.79 Å². The summed E-state index contributed by atoms with van der Waals surface area (Å²) in [7, 11) is -3.79. The van der Waals surface area contributed by atoms with Gasteiger partial charge in [-0.15, -0.1) is 0 Å². The van der Waals surface area contributed by atoms with Gasteiger partial charge in [0.1, 0.15) is 5.75 Å². The number of ether oxygens (including phenoxy) is 1. The van der Waals surface area contributed by atoms with E-state index in [-0.39, 0.29) is 23.3 Å². The first-order chi connectivity index (χ1) is 17.1. The van der Waals surface area contributed by atoms with E-state index in [1.54, 1.807) is 32.9 Å². The molecule has 4 rings (SSSR count). The second kappa shape index (κ2) is 11.5. The third-order valence-electron chi connectivity index (χ3n) is 7.00. The topological polar surface area (TPSA) is 96.5 Å². The van der Waals surface area contributed by atoms with Crippen LogP contribution < -0.4 is 20.1 Å². The fraction of sp³-hybridized carbons (Fsp3) is 0.519. The van der Waals surface area contributed by atoms with Crippen molar-refractivity contribution in [1.82, 2.24) is 15.4 Å². The number of carbonyl (C=O) groups is 1. The molecule has 1 fully saturated rings. The molecule has 2 atom stereocenters. The average Bonchev–Trinajstić information content (AvgIpc) is 3.33. The Kier molecular flexibility index (Phi) is 8.60. The van der Waals surface area contributed by atoms with E-state index in [1.807, 2.05) is 6.07 Å². The van der Waals surface area contributed by atoms with Crippen molar-refractivity contribution in [2.45, 2.75) is 88.9 Å². The Morgan fingerprint density at radius 2 is 1.86 bits per heavy atom. The fourth-order valence-electron chi connectivity index (χ4n) is 5.03. The van der Waals surface area contributed by atoms with Crippen molar-refractivity contribution in [1.29, 1.82) is 0 Å². The first kappa shape index (κ1) is 26.9. The second-order valence-electron chi connectivity index (χ2n) is 10.1.